The fourth-order valence-corrected chi connectivity index (χ4v) is 2.48. The third kappa shape index (κ3) is 3.67. The number of thioether (sulfide) groups is 1. The number of nitrogens with zero attached hydrogens (tertiary/aromatic N) is 4. The second kappa shape index (κ2) is 7.20. The van der Waals surface area contributed by atoms with Gasteiger partial charge in [-0.25, -0.2) is 9.97 Å². The standard InChI is InChI=1S/C12H17N5O2S/c1-17-11-9(6-16-17)12(15-8-14-11)20-7-10(18)13-4-3-5-19-2/h6,8H,3-5,7H2,1-2H3,(H,13,18). The Hall–Kier alpha value is -1.67. The molecule has 8 heteroatoms. The van der Waals surface area contributed by atoms with Crippen molar-refractivity contribution in [2.24, 2.45) is 7.05 Å². The van der Waals surface area contributed by atoms with Crippen LogP contribution in [0.4, 0.5) is 0 Å². The highest BCUT2D eigenvalue weighted by Crippen LogP contribution is 2.23. The third-order valence-electron chi connectivity index (χ3n) is 2.68. The Morgan fingerprint density at radius 3 is 3.15 bits per heavy atom. The van der Waals surface area contributed by atoms with Gasteiger partial charge in [0, 0.05) is 27.3 Å². The quantitative estimate of drug-likeness (QED) is 0.458. The van der Waals surface area contributed by atoms with Gasteiger partial charge in [-0.1, -0.05) is 11.8 Å². The van der Waals surface area contributed by atoms with Crippen LogP contribution in [0.2, 0.25) is 0 Å². The van der Waals surface area contributed by atoms with E-state index in [-0.39, 0.29) is 5.91 Å². The van der Waals surface area contributed by atoms with Gasteiger partial charge >= 0.3 is 0 Å². The Morgan fingerprint density at radius 2 is 2.35 bits per heavy atom. The van der Waals surface area contributed by atoms with Gasteiger partial charge < -0.3 is 10.1 Å². The molecule has 108 valence electrons. The SMILES string of the molecule is COCCCNC(=O)CSc1ncnc2c1cnn2C. The molecule has 0 saturated carbocycles. The lowest BCUT2D eigenvalue weighted by Gasteiger charge is -2.04. The first-order chi connectivity index (χ1) is 9.72. The first-order valence-electron chi connectivity index (χ1n) is 6.23. The van der Waals surface area contributed by atoms with Crippen molar-refractivity contribution in [3.63, 3.8) is 0 Å². The van der Waals surface area contributed by atoms with Crippen molar-refractivity contribution in [1.29, 1.82) is 0 Å². The van der Waals surface area contributed by atoms with E-state index in [1.165, 1.54) is 18.1 Å². The summed E-state index contributed by atoms with van der Waals surface area (Å²) in [6.45, 7) is 1.27. The Balaban J connectivity index is 1.88. The molecule has 0 saturated heterocycles. The van der Waals surface area contributed by atoms with Gasteiger partial charge in [0.2, 0.25) is 5.91 Å². The minimum absolute atomic E-state index is 0.0123. The lowest BCUT2D eigenvalue weighted by Crippen LogP contribution is -2.26. The smallest absolute Gasteiger partial charge is 0.230 e. The van der Waals surface area contributed by atoms with Gasteiger partial charge in [-0.2, -0.15) is 5.10 Å². The predicted molar refractivity (Wildman–Crippen MR) is 76.5 cm³/mol. The van der Waals surface area contributed by atoms with E-state index in [1.807, 2.05) is 7.05 Å². The van der Waals surface area contributed by atoms with Gasteiger partial charge in [-0.15, -0.1) is 0 Å². The van der Waals surface area contributed by atoms with Crippen LogP contribution in [0, 0.1) is 0 Å². The fraction of sp³-hybridized carbons (Fsp3) is 0.500. The molecule has 0 unspecified atom stereocenters. The molecule has 0 bridgehead atoms. The minimum Gasteiger partial charge on any atom is -0.385 e. The maximum absolute atomic E-state index is 11.7. The molecule has 0 aromatic carbocycles. The number of carbonyl (C=O) groups excluding carboxylic acids is 1. The summed E-state index contributed by atoms with van der Waals surface area (Å²) in [5, 5.41) is 8.62. The van der Waals surface area contributed by atoms with E-state index in [1.54, 1.807) is 18.0 Å². The highest BCUT2D eigenvalue weighted by Gasteiger charge is 2.10. The molecule has 2 aromatic rings. The highest BCUT2D eigenvalue weighted by atomic mass is 32.2. The summed E-state index contributed by atoms with van der Waals surface area (Å²) in [4.78, 5) is 20.0. The summed E-state index contributed by atoms with van der Waals surface area (Å²) in [6, 6.07) is 0. The number of hydrogen-bond acceptors (Lipinski definition) is 6. The fourth-order valence-electron chi connectivity index (χ4n) is 1.68. The molecular weight excluding hydrogens is 278 g/mol. The lowest BCUT2D eigenvalue weighted by atomic mass is 10.4. The Bertz CT molecular complexity index is 586. The van der Waals surface area contributed by atoms with Crippen LogP contribution in [0.15, 0.2) is 17.6 Å². The largest absolute Gasteiger partial charge is 0.385 e. The van der Waals surface area contributed by atoms with Gasteiger partial charge in [0.25, 0.3) is 0 Å². The minimum atomic E-state index is -0.0123. The van der Waals surface area contributed by atoms with E-state index in [0.717, 1.165) is 22.5 Å². The molecule has 0 aliphatic rings. The van der Waals surface area contributed by atoms with Crippen LogP contribution in [0.1, 0.15) is 6.42 Å². The number of rotatable bonds is 7. The second-order valence-corrected chi connectivity index (χ2v) is 5.13. The zero-order chi connectivity index (χ0) is 14.4. The van der Waals surface area contributed by atoms with Gasteiger partial charge in [0.05, 0.1) is 17.3 Å². The van der Waals surface area contributed by atoms with Crippen LogP contribution >= 0.6 is 11.8 Å². The van der Waals surface area contributed by atoms with E-state index in [0.29, 0.717) is 18.9 Å². The molecule has 0 radical (unpaired) electrons. The third-order valence-corrected chi connectivity index (χ3v) is 3.69. The van der Waals surface area contributed by atoms with Crippen LogP contribution in [-0.4, -0.2) is 51.7 Å². The van der Waals surface area contributed by atoms with E-state index < -0.39 is 0 Å². The van der Waals surface area contributed by atoms with E-state index in [9.17, 15) is 4.79 Å². The summed E-state index contributed by atoms with van der Waals surface area (Å²) in [6.07, 6.45) is 4.02. The number of aromatic nitrogens is 4. The second-order valence-electron chi connectivity index (χ2n) is 4.17. The molecule has 0 spiro atoms. The number of carbonyl (C=O) groups is 1. The zero-order valence-corrected chi connectivity index (χ0v) is 12.3. The number of aryl methyl sites for hydroxylation is 1. The number of hydrogen-bond donors (Lipinski definition) is 1. The first kappa shape index (κ1) is 14.7. The van der Waals surface area contributed by atoms with Crippen molar-refractivity contribution in [2.75, 3.05) is 26.0 Å². The van der Waals surface area contributed by atoms with Crippen LogP contribution < -0.4 is 5.32 Å². The summed E-state index contributed by atoms with van der Waals surface area (Å²) >= 11 is 1.39. The molecule has 0 aliphatic carbocycles. The predicted octanol–water partition coefficient (Wildman–Crippen LogP) is 0.608. The molecule has 2 aromatic heterocycles. The van der Waals surface area contributed by atoms with E-state index in [2.05, 4.69) is 20.4 Å². The van der Waals surface area contributed by atoms with Crippen LogP contribution in [0.25, 0.3) is 11.0 Å². The maximum Gasteiger partial charge on any atom is 0.230 e. The van der Waals surface area contributed by atoms with Gasteiger partial charge in [-0.3, -0.25) is 9.48 Å². The molecule has 2 heterocycles. The van der Waals surface area contributed by atoms with E-state index >= 15 is 0 Å². The molecule has 20 heavy (non-hydrogen) atoms. The number of ether oxygens (including phenoxy) is 1. The van der Waals surface area contributed by atoms with Crippen molar-refractivity contribution < 1.29 is 9.53 Å². The first-order valence-corrected chi connectivity index (χ1v) is 7.22. The average molecular weight is 295 g/mol. The normalized spacial score (nSPS) is 10.9. The summed E-state index contributed by atoms with van der Waals surface area (Å²) < 4.78 is 6.61. The Kier molecular flexibility index (Phi) is 5.31. The van der Waals surface area contributed by atoms with Crippen molar-refractivity contribution >= 4 is 28.7 Å². The van der Waals surface area contributed by atoms with Crippen LogP contribution in [0.3, 0.4) is 0 Å². The monoisotopic (exact) mass is 295 g/mol. The lowest BCUT2D eigenvalue weighted by molar-refractivity contribution is -0.118. The Morgan fingerprint density at radius 1 is 1.50 bits per heavy atom. The molecule has 0 fully saturated rings. The van der Waals surface area contributed by atoms with Crippen molar-refractivity contribution in [3.8, 4) is 0 Å². The van der Waals surface area contributed by atoms with Crippen molar-refractivity contribution in [2.45, 2.75) is 11.4 Å². The van der Waals surface area contributed by atoms with Crippen molar-refractivity contribution in [3.05, 3.63) is 12.5 Å². The van der Waals surface area contributed by atoms with Crippen molar-refractivity contribution in [1.82, 2.24) is 25.1 Å². The maximum atomic E-state index is 11.7. The molecule has 0 atom stereocenters. The summed E-state index contributed by atoms with van der Waals surface area (Å²) in [5.74, 6) is 0.315. The number of methoxy groups -OCH3 is 1. The average Bonchev–Trinajstić information content (AvgIpc) is 2.84. The number of nitrogens with one attached hydrogen (secondary N) is 1. The molecular formula is C12H17N5O2S. The van der Waals surface area contributed by atoms with Crippen LogP contribution in [0.5, 0.6) is 0 Å². The highest BCUT2D eigenvalue weighted by molar-refractivity contribution is 8.00. The summed E-state index contributed by atoms with van der Waals surface area (Å²) in [5.41, 5.74) is 0.767. The van der Waals surface area contributed by atoms with Gasteiger partial charge in [0.15, 0.2) is 5.65 Å². The zero-order valence-electron chi connectivity index (χ0n) is 11.5. The van der Waals surface area contributed by atoms with Crippen LogP contribution in [-0.2, 0) is 16.6 Å². The molecule has 7 nitrogen and oxygen atoms in total. The van der Waals surface area contributed by atoms with Gasteiger partial charge in [0.1, 0.15) is 11.4 Å². The number of amides is 1. The molecule has 0 aliphatic heterocycles. The van der Waals surface area contributed by atoms with E-state index in [4.69, 9.17) is 4.74 Å². The summed E-state index contributed by atoms with van der Waals surface area (Å²) in [7, 11) is 3.47. The molecule has 2 rings (SSSR count). The Labute approximate surface area is 121 Å². The van der Waals surface area contributed by atoms with Gasteiger partial charge in [-0.05, 0) is 6.42 Å². The topological polar surface area (TPSA) is 81.9 Å². The number of fused-ring (bicyclic) bond motifs is 1. The molecule has 1 N–H and O–H groups in total. The molecule has 1 amide bonds.